The molecule has 3 N–H and O–H groups in total. The Labute approximate surface area is 128 Å². The molecule has 120 valence electrons. The van der Waals surface area contributed by atoms with E-state index in [4.69, 9.17) is 10.2 Å². The zero-order chi connectivity index (χ0) is 16.5. The SMILES string of the molecule is CN(C)S(=O)(=O)c1cccc(NS(=O)(=O)c2ccco2)c1N. The molecule has 0 radical (unpaired) electrons. The fraction of sp³-hybridized carbons (Fsp3) is 0.167. The molecule has 0 fully saturated rings. The van der Waals surface area contributed by atoms with Crippen molar-refractivity contribution in [2.45, 2.75) is 9.99 Å². The maximum atomic E-state index is 12.1. The summed E-state index contributed by atoms with van der Waals surface area (Å²) >= 11 is 0. The van der Waals surface area contributed by atoms with Gasteiger partial charge in [0.1, 0.15) is 4.90 Å². The van der Waals surface area contributed by atoms with E-state index in [2.05, 4.69) is 4.72 Å². The first-order valence-electron chi connectivity index (χ1n) is 6.03. The molecule has 1 aromatic heterocycles. The lowest BCUT2D eigenvalue weighted by Gasteiger charge is -2.16. The Hall–Kier alpha value is -2.04. The summed E-state index contributed by atoms with van der Waals surface area (Å²) in [4.78, 5) is -0.183. The lowest BCUT2D eigenvalue weighted by Crippen LogP contribution is -2.24. The van der Waals surface area contributed by atoms with Gasteiger partial charge in [0.05, 0.1) is 17.6 Å². The quantitative estimate of drug-likeness (QED) is 0.777. The van der Waals surface area contributed by atoms with E-state index in [0.29, 0.717) is 0 Å². The molecule has 0 spiro atoms. The van der Waals surface area contributed by atoms with Crippen LogP contribution in [0.2, 0.25) is 0 Å². The highest BCUT2D eigenvalue weighted by molar-refractivity contribution is 7.92. The third-order valence-electron chi connectivity index (χ3n) is 2.83. The molecule has 0 saturated heterocycles. The second kappa shape index (κ2) is 5.63. The first kappa shape index (κ1) is 16.3. The molecule has 2 aromatic rings. The van der Waals surface area contributed by atoms with Crippen molar-refractivity contribution in [3.8, 4) is 0 Å². The van der Waals surface area contributed by atoms with Crippen molar-refractivity contribution in [2.24, 2.45) is 0 Å². The molecule has 0 aliphatic carbocycles. The number of nitrogens with zero attached hydrogens (tertiary/aromatic N) is 1. The number of nitrogens with two attached hydrogens (primary N) is 1. The van der Waals surface area contributed by atoms with Crippen LogP contribution in [0.15, 0.2) is 51.0 Å². The van der Waals surface area contributed by atoms with Gasteiger partial charge in [0.25, 0.3) is 10.0 Å². The van der Waals surface area contributed by atoms with Gasteiger partial charge in [-0.05, 0) is 24.3 Å². The summed E-state index contributed by atoms with van der Waals surface area (Å²) in [6.45, 7) is 0. The smallest absolute Gasteiger partial charge is 0.295 e. The summed E-state index contributed by atoms with van der Waals surface area (Å²) in [5, 5.41) is -0.298. The van der Waals surface area contributed by atoms with E-state index in [1.54, 1.807) is 0 Å². The van der Waals surface area contributed by atoms with E-state index >= 15 is 0 Å². The molecule has 0 saturated carbocycles. The van der Waals surface area contributed by atoms with Gasteiger partial charge >= 0.3 is 0 Å². The van der Waals surface area contributed by atoms with Gasteiger partial charge in [0.15, 0.2) is 0 Å². The van der Waals surface area contributed by atoms with Crippen molar-refractivity contribution in [1.82, 2.24) is 4.31 Å². The van der Waals surface area contributed by atoms with Crippen LogP contribution in [0, 0.1) is 0 Å². The molecule has 0 aliphatic heterocycles. The van der Waals surface area contributed by atoms with Gasteiger partial charge in [-0.15, -0.1) is 0 Å². The minimum Gasteiger partial charge on any atom is -0.451 e. The van der Waals surface area contributed by atoms with Crippen LogP contribution in [0.25, 0.3) is 0 Å². The molecule has 0 amide bonds. The van der Waals surface area contributed by atoms with E-state index in [1.165, 1.54) is 50.7 Å². The highest BCUT2D eigenvalue weighted by Gasteiger charge is 2.24. The predicted octanol–water partition coefficient (Wildman–Crippen LogP) is 0.913. The average Bonchev–Trinajstić information content (AvgIpc) is 2.95. The number of benzene rings is 1. The number of sulfonamides is 2. The minimum absolute atomic E-state index is 0.0423. The van der Waals surface area contributed by atoms with E-state index in [9.17, 15) is 16.8 Å². The summed E-state index contributed by atoms with van der Waals surface area (Å²) < 4.78 is 56.5. The molecule has 8 nitrogen and oxygen atoms in total. The van der Waals surface area contributed by atoms with E-state index in [1.807, 2.05) is 0 Å². The van der Waals surface area contributed by atoms with Crippen LogP contribution >= 0.6 is 0 Å². The monoisotopic (exact) mass is 345 g/mol. The topological polar surface area (TPSA) is 123 Å². The van der Waals surface area contributed by atoms with Gasteiger partial charge < -0.3 is 10.2 Å². The lowest BCUT2D eigenvalue weighted by molar-refractivity contribution is 0.452. The predicted molar refractivity (Wildman–Crippen MR) is 81.2 cm³/mol. The Morgan fingerprint density at radius 3 is 2.32 bits per heavy atom. The van der Waals surface area contributed by atoms with Crippen molar-refractivity contribution in [1.29, 1.82) is 0 Å². The number of nitrogens with one attached hydrogen (secondary N) is 1. The van der Waals surface area contributed by atoms with E-state index in [-0.39, 0.29) is 21.4 Å². The lowest BCUT2D eigenvalue weighted by atomic mass is 10.3. The van der Waals surface area contributed by atoms with E-state index < -0.39 is 20.0 Å². The first-order chi connectivity index (χ1) is 10.2. The second-order valence-corrected chi connectivity index (χ2v) is 8.28. The number of anilines is 2. The molecule has 22 heavy (non-hydrogen) atoms. The number of para-hydroxylation sites is 1. The fourth-order valence-corrected chi connectivity index (χ4v) is 3.71. The summed E-state index contributed by atoms with van der Waals surface area (Å²) in [5.41, 5.74) is 5.57. The van der Waals surface area contributed by atoms with Gasteiger partial charge in [0, 0.05) is 14.1 Å². The zero-order valence-corrected chi connectivity index (χ0v) is 13.5. The van der Waals surface area contributed by atoms with Crippen molar-refractivity contribution in [3.63, 3.8) is 0 Å². The number of nitrogen functional groups attached to an aromatic ring is 1. The fourth-order valence-electron chi connectivity index (χ4n) is 1.67. The molecule has 0 aliphatic rings. The molecule has 10 heteroatoms. The summed E-state index contributed by atoms with van der Waals surface area (Å²) in [6, 6.07) is 6.75. The van der Waals surface area contributed by atoms with Crippen LogP contribution in [-0.4, -0.2) is 35.2 Å². The Morgan fingerprint density at radius 2 is 1.77 bits per heavy atom. The number of hydrogen-bond donors (Lipinski definition) is 2. The largest absolute Gasteiger partial charge is 0.451 e. The Morgan fingerprint density at radius 1 is 1.09 bits per heavy atom. The zero-order valence-electron chi connectivity index (χ0n) is 11.8. The Balaban J connectivity index is 2.48. The van der Waals surface area contributed by atoms with Gasteiger partial charge in [0.2, 0.25) is 15.1 Å². The molecule has 1 heterocycles. The first-order valence-corrected chi connectivity index (χ1v) is 8.96. The van der Waals surface area contributed by atoms with Crippen LogP contribution in [0.3, 0.4) is 0 Å². The molecule has 1 aromatic carbocycles. The summed E-state index contributed by atoms with van der Waals surface area (Å²) in [7, 11) is -5.06. The number of hydrogen-bond acceptors (Lipinski definition) is 6. The van der Waals surface area contributed by atoms with Crippen LogP contribution in [-0.2, 0) is 20.0 Å². The minimum atomic E-state index is -3.98. The maximum absolute atomic E-state index is 12.1. The molecule has 0 bridgehead atoms. The van der Waals surface area contributed by atoms with Crippen molar-refractivity contribution >= 4 is 31.4 Å². The highest BCUT2D eigenvalue weighted by Crippen LogP contribution is 2.29. The third-order valence-corrected chi connectivity index (χ3v) is 5.95. The Kier molecular flexibility index (Phi) is 4.18. The molecule has 0 unspecified atom stereocenters. The van der Waals surface area contributed by atoms with Gasteiger partial charge in [-0.1, -0.05) is 6.07 Å². The van der Waals surface area contributed by atoms with Crippen LogP contribution in [0.4, 0.5) is 11.4 Å². The Bertz CT molecular complexity index is 871. The average molecular weight is 345 g/mol. The van der Waals surface area contributed by atoms with Gasteiger partial charge in [-0.25, -0.2) is 12.7 Å². The third kappa shape index (κ3) is 2.93. The summed E-state index contributed by atoms with van der Waals surface area (Å²) in [6.07, 6.45) is 1.21. The number of furan rings is 1. The number of rotatable bonds is 5. The van der Waals surface area contributed by atoms with Gasteiger partial charge in [-0.3, -0.25) is 4.72 Å². The van der Waals surface area contributed by atoms with Crippen LogP contribution in [0.1, 0.15) is 0 Å². The standard InChI is InChI=1S/C12H15N3O5S2/c1-15(2)22(18,19)10-6-3-5-9(12(10)13)14-21(16,17)11-7-4-8-20-11/h3-8,14H,13H2,1-2H3. The van der Waals surface area contributed by atoms with Crippen molar-refractivity contribution < 1.29 is 21.3 Å². The normalized spacial score (nSPS) is 12.5. The van der Waals surface area contributed by atoms with Gasteiger partial charge in [-0.2, -0.15) is 8.42 Å². The van der Waals surface area contributed by atoms with E-state index in [0.717, 1.165) is 4.31 Å². The van der Waals surface area contributed by atoms with Crippen molar-refractivity contribution in [2.75, 3.05) is 24.6 Å². The second-order valence-electron chi connectivity index (χ2n) is 4.54. The highest BCUT2D eigenvalue weighted by atomic mass is 32.2. The molecule has 0 atom stereocenters. The molecular formula is C12H15N3O5S2. The summed E-state index contributed by atoms with van der Waals surface area (Å²) in [5.74, 6) is 0. The van der Waals surface area contributed by atoms with Crippen molar-refractivity contribution in [3.05, 3.63) is 36.6 Å². The molecular weight excluding hydrogens is 330 g/mol. The van der Waals surface area contributed by atoms with Crippen LogP contribution < -0.4 is 10.5 Å². The van der Waals surface area contributed by atoms with Crippen LogP contribution in [0.5, 0.6) is 0 Å². The maximum Gasteiger partial charge on any atom is 0.295 e. The molecule has 2 rings (SSSR count).